The summed E-state index contributed by atoms with van der Waals surface area (Å²) in [5.74, 6) is 0.625. The first-order valence-corrected chi connectivity index (χ1v) is 7.98. The van der Waals surface area contributed by atoms with Crippen LogP contribution in [0, 0.1) is 0 Å². The summed E-state index contributed by atoms with van der Waals surface area (Å²) in [5, 5.41) is 0. The smallest absolute Gasteiger partial charge is 0.196 e. The second kappa shape index (κ2) is 6.02. The molecule has 1 aliphatic rings. The Balaban J connectivity index is 1.99. The molecule has 2 aromatic rings. The van der Waals surface area contributed by atoms with Gasteiger partial charge in [0, 0.05) is 10.0 Å². The Bertz CT molecular complexity index is 692. The number of aryl methyl sites for hydroxylation is 2. The van der Waals surface area contributed by atoms with E-state index in [1.54, 1.807) is 7.11 Å². The first kappa shape index (κ1) is 14.3. The van der Waals surface area contributed by atoms with Gasteiger partial charge in [0.1, 0.15) is 5.75 Å². The molecule has 0 radical (unpaired) electrons. The van der Waals surface area contributed by atoms with E-state index in [9.17, 15) is 4.79 Å². The highest BCUT2D eigenvalue weighted by molar-refractivity contribution is 9.10. The van der Waals surface area contributed by atoms with Gasteiger partial charge in [0.2, 0.25) is 0 Å². The fourth-order valence-electron chi connectivity index (χ4n) is 2.88. The molecule has 2 aromatic carbocycles. The molecule has 0 atom stereocenters. The summed E-state index contributed by atoms with van der Waals surface area (Å²) in [6, 6.07) is 11.6. The molecule has 21 heavy (non-hydrogen) atoms. The van der Waals surface area contributed by atoms with Crippen LogP contribution in [0.25, 0.3) is 0 Å². The first-order chi connectivity index (χ1) is 10.2. The molecular weight excluding hydrogens is 328 g/mol. The van der Waals surface area contributed by atoms with Gasteiger partial charge in [-0.25, -0.2) is 0 Å². The largest absolute Gasteiger partial charge is 0.496 e. The van der Waals surface area contributed by atoms with Gasteiger partial charge in [0.15, 0.2) is 5.78 Å². The number of carbonyl (C=O) groups excluding carboxylic acids is 1. The summed E-state index contributed by atoms with van der Waals surface area (Å²) in [4.78, 5) is 12.7. The summed E-state index contributed by atoms with van der Waals surface area (Å²) in [6.45, 7) is 0. The zero-order valence-electron chi connectivity index (χ0n) is 12.0. The van der Waals surface area contributed by atoms with Gasteiger partial charge < -0.3 is 4.74 Å². The predicted molar refractivity (Wildman–Crippen MR) is 87.2 cm³/mol. The topological polar surface area (TPSA) is 26.3 Å². The van der Waals surface area contributed by atoms with Gasteiger partial charge in [0.25, 0.3) is 0 Å². The van der Waals surface area contributed by atoms with Crippen LogP contribution in [0.1, 0.15) is 39.9 Å². The van der Waals surface area contributed by atoms with Crippen molar-refractivity contribution in [2.24, 2.45) is 0 Å². The average molecular weight is 345 g/mol. The van der Waals surface area contributed by atoms with Crippen molar-refractivity contribution in [2.75, 3.05) is 7.11 Å². The second-order valence-corrected chi connectivity index (χ2v) is 6.28. The summed E-state index contributed by atoms with van der Waals surface area (Å²) >= 11 is 3.40. The van der Waals surface area contributed by atoms with E-state index in [2.05, 4.69) is 28.1 Å². The van der Waals surface area contributed by atoms with Crippen LogP contribution in [0.4, 0.5) is 0 Å². The summed E-state index contributed by atoms with van der Waals surface area (Å²) in [7, 11) is 1.59. The van der Waals surface area contributed by atoms with Crippen LogP contribution < -0.4 is 4.74 Å². The van der Waals surface area contributed by atoms with Crippen molar-refractivity contribution >= 4 is 21.7 Å². The van der Waals surface area contributed by atoms with Crippen LogP contribution >= 0.6 is 15.9 Å². The van der Waals surface area contributed by atoms with Crippen LogP contribution in [0.2, 0.25) is 0 Å². The highest BCUT2D eigenvalue weighted by Gasteiger charge is 2.17. The van der Waals surface area contributed by atoms with E-state index in [4.69, 9.17) is 4.74 Å². The standard InChI is InChI=1S/C18H17BrO2/c1-21-17-11-15(19)8-9-16(17)18(20)14-7-6-12-4-2-3-5-13(12)10-14/h6-11H,2-5H2,1H3. The van der Waals surface area contributed by atoms with Crippen molar-refractivity contribution in [2.45, 2.75) is 25.7 Å². The zero-order chi connectivity index (χ0) is 14.8. The average Bonchev–Trinajstić information content (AvgIpc) is 2.53. The SMILES string of the molecule is COc1cc(Br)ccc1C(=O)c1ccc2c(c1)CCCC2. The Kier molecular flexibility index (Phi) is 4.11. The van der Waals surface area contributed by atoms with E-state index in [0.29, 0.717) is 11.3 Å². The van der Waals surface area contributed by atoms with Crippen molar-refractivity contribution in [3.63, 3.8) is 0 Å². The lowest BCUT2D eigenvalue weighted by atomic mass is 9.89. The fourth-order valence-corrected chi connectivity index (χ4v) is 3.22. The molecule has 0 spiro atoms. The summed E-state index contributed by atoms with van der Waals surface area (Å²) in [6.07, 6.45) is 4.67. The van der Waals surface area contributed by atoms with Gasteiger partial charge in [-0.05, 0) is 61.1 Å². The normalized spacial score (nSPS) is 13.6. The highest BCUT2D eigenvalue weighted by atomic mass is 79.9. The maximum Gasteiger partial charge on any atom is 0.196 e. The summed E-state index contributed by atoms with van der Waals surface area (Å²) < 4.78 is 6.23. The third-order valence-electron chi connectivity index (χ3n) is 4.02. The number of halogens is 1. The number of hydrogen-bond acceptors (Lipinski definition) is 2. The number of carbonyl (C=O) groups is 1. The van der Waals surface area contributed by atoms with Crippen molar-refractivity contribution in [1.29, 1.82) is 0 Å². The van der Waals surface area contributed by atoms with Crippen molar-refractivity contribution in [3.05, 3.63) is 63.1 Å². The Hall–Kier alpha value is -1.61. The molecule has 0 fully saturated rings. The van der Waals surface area contributed by atoms with Crippen molar-refractivity contribution in [3.8, 4) is 5.75 Å². The van der Waals surface area contributed by atoms with Crippen molar-refractivity contribution in [1.82, 2.24) is 0 Å². The molecule has 0 amide bonds. The second-order valence-electron chi connectivity index (χ2n) is 5.36. The van der Waals surface area contributed by atoms with Gasteiger partial charge in [0.05, 0.1) is 12.7 Å². The third kappa shape index (κ3) is 2.88. The molecule has 0 heterocycles. The number of methoxy groups -OCH3 is 1. The van der Waals surface area contributed by atoms with E-state index in [0.717, 1.165) is 22.9 Å². The number of hydrogen-bond donors (Lipinski definition) is 0. The minimum Gasteiger partial charge on any atom is -0.496 e. The van der Waals surface area contributed by atoms with Gasteiger partial charge in [-0.2, -0.15) is 0 Å². The number of fused-ring (bicyclic) bond motifs is 1. The molecule has 0 saturated carbocycles. The van der Waals surface area contributed by atoms with E-state index < -0.39 is 0 Å². The molecule has 3 rings (SSSR count). The van der Waals surface area contributed by atoms with Gasteiger partial charge in [-0.3, -0.25) is 4.79 Å². The van der Waals surface area contributed by atoms with Crippen LogP contribution in [-0.4, -0.2) is 12.9 Å². The maximum atomic E-state index is 12.7. The zero-order valence-corrected chi connectivity index (χ0v) is 13.6. The van der Waals surface area contributed by atoms with Crippen LogP contribution in [0.15, 0.2) is 40.9 Å². The fraction of sp³-hybridized carbons (Fsp3) is 0.278. The lowest BCUT2D eigenvalue weighted by molar-refractivity contribution is 0.103. The number of benzene rings is 2. The number of rotatable bonds is 3. The predicted octanol–water partition coefficient (Wildman–Crippen LogP) is 4.57. The molecule has 1 aliphatic carbocycles. The molecule has 0 aliphatic heterocycles. The minimum absolute atomic E-state index is 0.0210. The van der Waals surface area contributed by atoms with Crippen LogP contribution in [0.5, 0.6) is 5.75 Å². The molecule has 0 saturated heterocycles. The number of ketones is 1. The Morgan fingerprint density at radius 3 is 2.57 bits per heavy atom. The van der Waals surface area contributed by atoms with Gasteiger partial charge >= 0.3 is 0 Å². The Labute approximate surface area is 133 Å². The molecule has 0 N–H and O–H groups in total. The van der Waals surface area contributed by atoms with Crippen LogP contribution in [0.3, 0.4) is 0 Å². The van der Waals surface area contributed by atoms with E-state index >= 15 is 0 Å². The van der Waals surface area contributed by atoms with Gasteiger partial charge in [-0.1, -0.05) is 28.1 Å². The lowest BCUT2D eigenvalue weighted by Gasteiger charge is -2.16. The summed E-state index contributed by atoms with van der Waals surface area (Å²) in [5.41, 5.74) is 4.07. The van der Waals surface area contributed by atoms with E-state index in [1.165, 1.54) is 24.0 Å². The third-order valence-corrected chi connectivity index (χ3v) is 4.51. The molecule has 3 heteroatoms. The monoisotopic (exact) mass is 344 g/mol. The Morgan fingerprint density at radius 1 is 1.05 bits per heavy atom. The van der Waals surface area contributed by atoms with Gasteiger partial charge in [-0.15, -0.1) is 0 Å². The Morgan fingerprint density at radius 2 is 1.81 bits per heavy atom. The van der Waals surface area contributed by atoms with E-state index in [-0.39, 0.29) is 5.78 Å². The molecule has 108 valence electrons. The first-order valence-electron chi connectivity index (χ1n) is 7.19. The maximum absolute atomic E-state index is 12.7. The quantitative estimate of drug-likeness (QED) is 0.762. The molecular formula is C18H17BrO2. The minimum atomic E-state index is 0.0210. The molecule has 0 bridgehead atoms. The molecule has 0 aromatic heterocycles. The molecule has 2 nitrogen and oxygen atoms in total. The van der Waals surface area contributed by atoms with E-state index in [1.807, 2.05) is 24.3 Å². The lowest BCUT2D eigenvalue weighted by Crippen LogP contribution is -2.08. The van der Waals surface area contributed by atoms with Crippen molar-refractivity contribution < 1.29 is 9.53 Å². The molecule has 0 unspecified atom stereocenters. The number of ether oxygens (including phenoxy) is 1. The highest BCUT2D eigenvalue weighted by Crippen LogP contribution is 2.28. The van der Waals surface area contributed by atoms with Crippen LogP contribution in [-0.2, 0) is 12.8 Å².